The Hall–Kier alpha value is -0.730. The average molecular weight is 279 g/mol. The maximum Gasteiger partial charge on any atom is 0.0455 e. The van der Waals surface area contributed by atoms with Gasteiger partial charge in [-0.2, -0.15) is 0 Å². The van der Waals surface area contributed by atoms with Crippen molar-refractivity contribution in [2.24, 2.45) is 5.92 Å². The van der Waals surface area contributed by atoms with E-state index in [-0.39, 0.29) is 0 Å². The van der Waals surface area contributed by atoms with Crippen molar-refractivity contribution in [1.29, 1.82) is 0 Å². The lowest BCUT2D eigenvalue weighted by atomic mass is 10.0. The summed E-state index contributed by atoms with van der Waals surface area (Å²) in [7, 11) is 0. The van der Waals surface area contributed by atoms with Crippen molar-refractivity contribution >= 4 is 17.3 Å². The molecule has 2 fully saturated rings. The fourth-order valence-corrected chi connectivity index (χ4v) is 3.25. The average Bonchev–Trinajstić information content (AvgIpc) is 3.26. The van der Waals surface area contributed by atoms with E-state index in [0.29, 0.717) is 12.1 Å². The van der Waals surface area contributed by atoms with Gasteiger partial charge in [0.2, 0.25) is 0 Å². The molecule has 2 atom stereocenters. The molecule has 19 heavy (non-hydrogen) atoms. The van der Waals surface area contributed by atoms with Gasteiger partial charge in [0.25, 0.3) is 0 Å². The van der Waals surface area contributed by atoms with Crippen molar-refractivity contribution in [2.45, 2.75) is 45.2 Å². The molecule has 1 saturated heterocycles. The molecule has 1 aliphatic carbocycles. The number of halogens is 1. The molecule has 0 amide bonds. The molecule has 104 valence electrons. The Morgan fingerprint density at radius 3 is 2.79 bits per heavy atom. The number of anilines is 1. The highest BCUT2D eigenvalue weighted by molar-refractivity contribution is 6.31. The van der Waals surface area contributed by atoms with Gasteiger partial charge >= 0.3 is 0 Å². The summed E-state index contributed by atoms with van der Waals surface area (Å²) in [6.07, 6.45) is 3.98. The first kappa shape index (κ1) is 13.3. The second kappa shape index (κ2) is 5.34. The summed E-state index contributed by atoms with van der Waals surface area (Å²) in [5.74, 6) is 0.904. The monoisotopic (exact) mass is 278 g/mol. The number of hydrogen-bond acceptors (Lipinski definition) is 2. The van der Waals surface area contributed by atoms with Gasteiger partial charge in [-0.25, -0.2) is 0 Å². The van der Waals surface area contributed by atoms with E-state index in [1.165, 1.54) is 24.9 Å². The van der Waals surface area contributed by atoms with Crippen molar-refractivity contribution in [1.82, 2.24) is 5.32 Å². The molecule has 1 heterocycles. The third-order valence-corrected chi connectivity index (χ3v) is 5.01. The van der Waals surface area contributed by atoms with Crippen LogP contribution in [0.5, 0.6) is 0 Å². The van der Waals surface area contributed by atoms with Gasteiger partial charge in [0.15, 0.2) is 0 Å². The lowest BCUT2D eigenvalue weighted by molar-refractivity contribution is 0.360. The van der Waals surface area contributed by atoms with Crippen LogP contribution in [-0.2, 0) is 0 Å². The molecule has 2 aliphatic rings. The largest absolute Gasteiger partial charge is 0.366 e. The molecular formula is C16H23ClN2. The second-order valence-electron chi connectivity index (χ2n) is 6.00. The van der Waals surface area contributed by atoms with E-state index in [0.717, 1.165) is 29.6 Å². The summed E-state index contributed by atoms with van der Waals surface area (Å²) in [6.45, 7) is 6.56. The minimum atomic E-state index is 0.591. The van der Waals surface area contributed by atoms with E-state index in [1.54, 1.807) is 0 Å². The Bertz CT molecular complexity index is 456. The topological polar surface area (TPSA) is 15.3 Å². The summed E-state index contributed by atoms with van der Waals surface area (Å²) in [5.41, 5.74) is 2.45. The van der Waals surface area contributed by atoms with Crippen molar-refractivity contribution < 1.29 is 0 Å². The first-order valence-corrected chi connectivity index (χ1v) is 7.83. The molecule has 3 heteroatoms. The van der Waals surface area contributed by atoms with Crippen LogP contribution in [0.3, 0.4) is 0 Å². The zero-order chi connectivity index (χ0) is 13.4. The van der Waals surface area contributed by atoms with E-state index >= 15 is 0 Å². The molecule has 1 saturated carbocycles. The van der Waals surface area contributed by atoms with E-state index < -0.39 is 0 Å². The van der Waals surface area contributed by atoms with Crippen LogP contribution in [0.15, 0.2) is 18.2 Å². The third-order valence-electron chi connectivity index (χ3n) is 4.60. The van der Waals surface area contributed by atoms with Gasteiger partial charge in [-0.15, -0.1) is 0 Å². The molecule has 1 aromatic rings. The Kier molecular flexibility index (Phi) is 3.72. The van der Waals surface area contributed by atoms with Gasteiger partial charge in [0.05, 0.1) is 0 Å². The van der Waals surface area contributed by atoms with Gasteiger partial charge in [-0.3, -0.25) is 0 Å². The smallest absolute Gasteiger partial charge is 0.0455 e. The van der Waals surface area contributed by atoms with Gasteiger partial charge in [0.1, 0.15) is 0 Å². The van der Waals surface area contributed by atoms with Crippen molar-refractivity contribution in [2.75, 3.05) is 18.0 Å². The van der Waals surface area contributed by atoms with Gasteiger partial charge in [-0.05, 0) is 49.8 Å². The molecule has 1 aromatic carbocycles. The Balaban J connectivity index is 1.82. The fourth-order valence-electron chi connectivity index (χ4n) is 3.08. The van der Waals surface area contributed by atoms with Crippen molar-refractivity contribution in [3.63, 3.8) is 0 Å². The number of piperazine rings is 1. The molecule has 2 nitrogen and oxygen atoms in total. The van der Waals surface area contributed by atoms with Gasteiger partial charge in [0, 0.05) is 35.9 Å². The predicted octanol–water partition coefficient (Wildman–Crippen LogP) is 3.62. The normalized spacial score (nSPS) is 27.6. The zero-order valence-corrected chi connectivity index (χ0v) is 12.6. The van der Waals surface area contributed by atoms with E-state index in [4.69, 9.17) is 11.6 Å². The zero-order valence-electron chi connectivity index (χ0n) is 11.8. The molecule has 1 N–H and O–H groups in total. The molecule has 0 aromatic heterocycles. The maximum atomic E-state index is 6.29. The SMILES string of the molecule is CCC1CNC(C2CC2)CN1c1ccc(C)c(Cl)c1. The highest BCUT2D eigenvalue weighted by Gasteiger charge is 2.36. The maximum absolute atomic E-state index is 6.29. The third kappa shape index (κ3) is 2.75. The Morgan fingerprint density at radius 1 is 1.37 bits per heavy atom. The van der Waals surface area contributed by atoms with Crippen LogP contribution in [0.2, 0.25) is 5.02 Å². The highest BCUT2D eigenvalue weighted by Crippen LogP contribution is 2.36. The summed E-state index contributed by atoms with van der Waals surface area (Å²) >= 11 is 6.29. The van der Waals surface area contributed by atoms with Crippen LogP contribution in [0.25, 0.3) is 0 Å². The van der Waals surface area contributed by atoms with E-state index in [1.807, 2.05) is 0 Å². The van der Waals surface area contributed by atoms with Crippen LogP contribution < -0.4 is 10.2 Å². The number of nitrogens with zero attached hydrogens (tertiary/aromatic N) is 1. The molecule has 0 bridgehead atoms. The quantitative estimate of drug-likeness (QED) is 0.909. The van der Waals surface area contributed by atoms with E-state index in [9.17, 15) is 0 Å². The predicted molar refractivity (Wildman–Crippen MR) is 82.1 cm³/mol. The summed E-state index contributed by atoms with van der Waals surface area (Å²) in [5, 5.41) is 4.62. The fraction of sp³-hybridized carbons (Fsp3) is 0.625. The van der Waals surface area contributed by atoms with E-state index in [2.05, 4.69) is 42.3 Å². The van der Waals surface area contributed by atoms with Crippen LogP contribution in [0.1, 0.15) is 31.7 Å². The van der Waals surface area contributed by atoms with Gasteiger partial charge < -0.3 is 10.2 Å². The molecule has 0 spiro atoms. The summed E-state index contributed by atoms with van der Waals surface area (Å²) < 4.78 is 0. The first-order valence-electron chi connectivity index (χ1n) is 7.45. The number of nitrogens with one attached hydrogen (secondary N) is 1. The Labute approximate surface area is 121 Å². The molecular weight excluding hydrogens is 256 g/mol. The Morgan fingerprint density at radius 2 is 2.16 bits per heavy atom. The highest BCUT2D eigenvalue weighted by atomic mass is 35.5. The minimum Gasteiger partial charge on any atom is -0.366 e. The molecule has 0 radical (unpaired) electrons. The number of rotatable bonds is 3. The first-order chi connectivity index (χ1) is 9.19. The summed E-state index contributed by atoms with van der Waals surface area (Å²) in [6, 6.07) is 7.75. The number of hydrogen-bond donors (Lipinski definition) is 1. The van der Waals surface area contributed by atoms with Crippen LogP contribution in [-0.4, -0.2) is 25.2 Å². The standard InChI is InChI=1S/C16H23ClN2/c1-3-13-9-18-16(12-5-6-12)10-19(13)14-7-4-11(2)15(17)8-14/h4,7-8,12-13,16,18H,3,5-6,9-10H2,1-2H3. The van der Waals surface area contributed by atoms with Crippen LogP contribution >= 0.6 is 11.6 Å². The molecule has 3 rings (SSSR count). The second-order valence-corrected chi connectivity index (χ2v) is 6.41. The molecule has 2 unspecified atom stereocenters. The molecule has 1 aliphatic heterocycles. The summed E-state index contributed by atoms with van der Waals surface area (Å²) in [4.78, 5) is 2.56. The van der Waals surface area contributed by atoms with Crippen LogP contribution in [0.4, 0.5) is 5.69 Å². The van der Waals surface area contributed by atoms with Gasteiger partial charge in [-0.1, -0.05) is 24.6 Å². The number of benzene rings is 1. The van der Waals surface area contributed by atoms with Crippen LogP contribution in [0, 0.1) is 12.8 Å². The number of aryl methyl sites for hydroxylation is 1. The lowest BCUT2D eigenvalue weighted by Crippen LogP contribution is -2.57. The minimum absolute atomic E-state index is 0.591. The lowest BCUT2D eigenvalue weighted by Gasteiger charge is -2.42. The van der Waals surface area contributed by atoms with Crippen molar-refractivity contribution in [3.05, 3.63) is 28.8 Å². The van der Waals surface area contributed by atoms with Crippen molar-refractivity contribution in [3.8, 4) is 0 Å².